The predicted octanol–water partition coefficient (Wildman–Crippen LogP) is 4.59. The van der Waals surface area contributed by atoms with E-state index in [1.165, 1.54) is 6.07 Å². The van der Waals surface area contributed by atoms with Gasteiger partial charge >= 0.3 is 6.18 Å². The number of likely N-dealkylation sites (tertiary alicyclic amines) is 1. The van der Waals surface area contributed by atoms with Gasteiger partial charge in [-0.05, 0) is 68.5 Å². The zero-order valence-electron chi connectivity index (χ0n) is 17.4. The molecule has 0 N–H and O–H groups in total. The van der Waals surface area contributed by atoms with E-state index in [0.29, 0.717) is 42.5 Å². The van der Waals surface area contributed by atoms with Crippen LogP contribution in [0.1, 0.15) is 49.0 Å². The van der Waals surface area contributed by atoms with Crippen LogP contribution in [0, 0.1) is 12.3 Å². The third kappa shape index (κ3) is 4.38. The van der Waals surface area contributed by atoms with E-state index in [1.807, 2.05) is 12.1 Å². The number of ether oxygens (including phenoxy) is 2. The van der Waals surface area contributed by atoms with Gasteiger partial charge in [-0.3, -0.25) is 4.90 Å². The summed E-state index contributed by atoms with van der Waals surface area (Å²) in [5.74, 6) is 1.19. The van der Waals surface area contributed by atoms with Gasteiger partial charge in [0, 0.05) is 18.3 Å². The number of alkyl halides is 3. The highest BCUT2D eigenvalue weighted by Gasteiger charge is 2.38. The Labute approximate surface area is 174 Å². The fraction of sp³-hybridized carbons (Fsp3) is 0.545. The summed E-state index contributed by atoms with van der Waals surface area (Å²) in [5, 5.41) is 0. The predicted molar refractivity (Wildman–Crippen MR) is 106 cm³/mol. The summed E-state index contributed by atoms with van der Waals surface area (Å²) in [6, 6.07) is 6.87. The number of hydrogen-bond acceptors (Lipinski definition) is 5. The van der Waals surface area contributed by atoms with Crippen LogP contribution >= 0.6 is 0 Å². The quantitative estimate of drug-likeness (QED) is 0.723. The normalized spacial score (nSPS) is 22.9. The van der Waals surface area contributed by atoms with Crippen LogP contribution in [0.15, 0.2) is 24.3 Å². The lowest BCUT2D eigenvalue weighted by atomic mass is 9.83. The molecule has 2 aliphatic rings. The summed E-state index contributed by atoms with van der Waals surface area (Å²) in [6.45, 7) is 8.51. The molecule has 4 rings (SSSR count). The number of pyridine rings is 2. The second kappa shape index (κ2) is 7.72. The Morgan fingerprint density at radius 2 is 1.93 bits per heavy atom. The number of hydrogen-bond donors (Lipinski definition) is 0. The van der Waals surface area contributed by atoms with Gasteiger partial charge in [-0.2, -0.15) is 13.2 Å². The lowest BCUT2D eigenvalue weighted by Gasteiger charge is -2.29. The van der Waals surface area contributed by atoms with E-state index in [-0.39, 0.29) is 11.5 Å². The molecule has 8 heteroatoms. The molecule has 2 aliphatic heterocycles. The molecule has 1 saturated heterocycles. The Kier molecular flexibility index (Phi) is 5.38. The van der Waals surface area contributed by atoms with E-state index in [4.69, 9.17) is 9.47 Å². The van der Waals surface area contributed by atoms with Crippen molar-refractivity contribution in [2.24, 2.45) is 5.41 Å². The minimum absolute atomic E-state index is 0.0764. The van der Waals surface area contributed by atoms with Crippen LogP contribution in [0.25, 0.3) is 0 Å². The zero-order chi connectivity index (χ0) is 21.5. The Morgan fingerprint density at radius 3 is 2.70 bits per heavy atom. The van der Waals surface area contributed by atoms with Gasteiger partial charge in [-0.25, -0.2) is 9.97 Å². The molecule has 0 aliphatic carbocycles. The fourth-order valence-electron chi connectivity index (χ4n) is 4.38. The van der Waals surface area contributed by atoms with Gasteiger partial charge in [0.2, 0.25) is 0 Å². The van der Waals surface area contributed by atoms with Gasteiger partial charge < -0.3 is 9.47 Å². The van der Waals surface area contributed by atoms with Crippen molar-refractivity contribution in [3.63, 3.8) is 0 Å². The number of halogens is 3. The number of nitrogens with zero attached hydrogens (tertiary/aromatic N) is 3. The molecule has 162 valence electrons. The molecular formula is C22H26F3N3O2. The summed E-state index contributed by atoms with van der Waals surface area (Å²) >= 11 is 0. The first-order valence-electron chi connectivity index (χ1n) is 10.2. The minimum Gasteiger partial charge on any atom is -0.484 e. The van der Waals surface area contributed by atoms with Gasteiger partial charge in [0.15, 0.2) is 5.75 Å². The second-order valence-electron chi connectivity index (χ2n) is 8.62. The minimum atomic E-state index is -4.43. The Morgan fingerprint density at radius 1 is 1.17 bits per heavy atom. The van der Waals surface area contributed by atoms with Crippen LogP contribution in [0.3, 0.4) is 0 Å². The average molecular weight is 421 g/mol. The van der Waals surface area contributed by atoms with Crippen molar-refractivity contribution < 1.29 is 22.6 Å². The highest BCUT2D eigenvalue weighted by atomic mass is 19.4. The van der Waals surface area contributed by atoms with Crippen molar-refractivity contribution in [3.05, 3.63) is 46.9 Å². The van der Waals surface area contributed by atoms with Crippen LogP contribution in [-0.2, 0) is 12.6 Å². The number of aromatic nitrogens is 2. The SMILES string of the molecule is Cc1cc(C[C@@]2(C)CCN(C(C)c3ccc4c(n3)OCCO4)C2)cc(C(F)(F)F)n1. The Bertz CT molecular complexity index is 934. The van der Waals surface area contributed by atoms with Crippen LogP contribution in [0.5, 0.6) is 11.6 Å². The molecule has 2 atom stereocenters. The summed E-state index contributed by atoms with van der Waals surface area (Å²) in [4.78, 5) is 10.6. The van der Waals surface area contributed by atoms with E-state index < -0.39 is 11.9 Å². The van der Waals surface area contributed by atoms with E-state index in [1.54, 1.807) is 13.0 Å². The first-order chi connectivity index (χ1) is 14.1. The number of rotatable bonds is 4. The van der Waals surface area contributed by atoms with Crippen LogP contribution < -0.4 is 9.47 Å². The largest absolute Gasteiger partial charge is 0.484 e. The Balaban J connectivity index is 1.47. The third-order valence-corrected chi connectivity index (χ3v) is 5.92. The van der Waals surface area contributed by atoms with Gasteiger partial charge in [0.25, 0.3) is 5.88 Å². The molecule has 30 heavy (non-hydrogen) atoms. The lowest BCUT2D eigenvalue weighted by molar-refractivity contribution is -0.141. The summed E-state index contributed by atoms with van der Waals surface area (Å²) in [6.07, 6.45) is -2.94. The molecule has 0 saturated carbocycles. The van der Waals surface area contributed by atoms with Crippen molar-refractivity contribution in [1.82, 2.24) is 14.9 Å². The van der Waals surface area contributed by atoms with Gasteiger partial charge in [-0.15, -0.1) is 0 Å². The molecule has 2 aromatic rings. The Hall–Kier alpha value is -2.35. The summed E-state index contributed by atoms with van der Waals surface area (Å²) in [7, 11) is 0. The summed E-state index contributed by atoms with van der Waals surface area (Å²) < 4.78 is 50.5. The van der Waals surface area contributed by atoms with Gasteiger partial charge in [0.1, 0.15) is 18.9 Å². The number of fused-ring (bicyclic) bond motifs is 1. The second-order valence-corrected chi connectivity index (χ2v) is 8.62. The van der Waals surface area contributed by atoms with Crippen molar-refractivity contribution >= 4 is 0 Å². The van der Waals surface area contributed by atoms with Crippen molar-refractivity contribution in [2.45, 2.75) is 45.8 Å². The molecule has 1 unspecified atom stereocenters. The standard InChI is InChI=1S/C22H26F3N3O2/c1-14-10-16(11-19(26-14)22(23,24)25)12-21(3)6-7-28(13-21)15(2)17-4-5-18-20(27-17)30-9-8-29-18/h4-5,10-11,15H,6-9,12-13H2,1-3H3/t15?,21-/m1/s1. The van der Waals surface area contributed by atoms with Crippen LogP contribution in [0.2, 0.25) is 0 Å². The smallest absolute Gasteiger partial charge is 0.433 e. The molecule has 1 fully saturated rings. The van der Waals surface area contributed by atoms with Gasteiger partial charge in [0.05, 0.1) is 5.69 Å². The molecule has 5 nitrogen and oxygen atoms in total. The van der Waals surface area contributed by atoms with Crippen molar-refractivity contribution in [2.75, 3.05) is 26.3 Å². The lowest BCUT2D eigenvalue weighted by Crippen LogP contribution is -2.29. The topological polar surface area (TPSA) is 47.5 Å². The van der Waals surface area contributed by atoms with Crippen LogP contribution in [-0.4, -0.2) is 41.2 Å². The average Bonchev–Trinajstić information content (AvgIpc) is 3.07. The molecular weight excluding hydrogens is 395 g/mol. The molecule has 0 radical (unpaired) electrons. The van der Waals surface area contributed by atoms with Crippen molar-refractivity contribution in [1.29, 1.82) is 0 Å². The van der Waals surface area contributed by atoms with E-state index in [2.05, 4.69) is 28.7 Å². The van der Waals surface area contributed by atoms with E-state index in [9.17, 15) is 13.2 Å². The first kappa shape index (κ1) is 20.9. The van der Waals surface area contributed by atoms with Crippen molar-refractivity contribution in [3.8, 4) is 11.6 Å². The maximum atomic E-state index is 13.1. The molecule has 0 spiro atoms. The maximum absolute atomic E-state index is 13.1. The highest BCUT2D eigenvalue weighted by molar-refractivity contribution is 5.36. The zero-order valence-corrected chi connectivity index (χ0v) is 17.4. The van der Waals surface area contributed by atoms with E-state index in [0.717, 1.165) is 25.2 Å². The molecule has 0 amide bonds. The van der Waals surface area contributed by atoms with Gasteiger partial charge in [-0.1, -0.05) is 6.92 Å². The number of aryl methyl sites for hydroxylation is 1. The third-order valence-electron chi connectivity index (χ3n) is 5.92. The molecule has 4 heterocycles. The molecule has 0 aromatic carbocycles. The first-order valence-corrected chi connectivity index (χ1v) is 10.2. The monoisotopic (exact) mass is 421 g/mol. The molecule has 0 bridgehead atoms. The fourth-order valence-corrected chi connectivity index (χ4v) is 4.38. The van der Waals surface area contributed by atoms with E-state index >= 15 is 0 Å². The maximum Gasteiger partial charge on any atom is 0.433 e. The molecule has 2 aromatic heterocycles. The summed E-state index contributed by atoms with van der Waals surface area (Å²) in [5.41, 5.74) is 1.06. The highest BCUT2D eigenvalue weighted by Crippen LogP contribution is 2.39. The van der Waals surface area contributed by atoms with Crippen LogP contribution in [0.4, 0.5) is 13.2 Å².